The maximum absolute atomic E-state index is 12.2. The van der Waals surface area contributed by atoms with Crippen LogP contribution >= 0.6 is 11.8 Å². The molecule has 0 aliphatic heterocycles. The SMILES string of the molecule is Cc1nnc(SCC(=O)NCCCn2ccc3ccccc32)n1-c1ccccc1. The van der Waals surface area contributed by atoms with E-state index in [4.69, 9.17) is 0 Å². The Morgan fingerprint density at radius 2 is 1.83 bits per heavy atom. The lowest BCUT2D eigenvalue weighted by Crippen LogP contribution is -2.27. The van der Waals surface area contributed by atoms with E-state index in [1.807, 2.05) is 54.0 Å². The maximum atomic E-state index is 12.2. The fourth-order valence-corrected chi connectivity index (χ4v) is 4.13. The molecule has 29 heavy (non-hydrogen) atoms. The minimum atomic E-state index is 0.00706. The Bertz CT molecular complexity index is 1100. The highest BCUT2D eigenvalue weighted by atomic mass is 32.2. The van der Waals surface area contributed by atoms with Gasteiger partial charge in [-0.3, -0.25) is 9.36 Å². The van der Waals surface area contributed by atoms with Crippen molar-refractivity contribution in [2.75, 3.05) is 12.3 Å². The second-order valence-electron chi connectivity index (χ2n) is 6.76. The Morgan fingerprint density at radius 3 is 2.69 bits per heavy atom. The molecule has 0 bridgehead atoms. The van der Waals surface area contributed by atoms with Crippen molar-refractivity contribution in [1.29, 1.82) is 0 Å². The summed E-state index contributed by atoms with van der Waals surface area (Å²) in [4.78, 5) is 12.2. The molecule has 7 heteroatoms. The number of benzene rings is 2. The number of carbonyl (C=O) groups is 1. The van der Waals surface area contributed by atoms with Crippen LogP contribution in [0.15, 0.2) is 72.0 Å². The number of carbonyl (C=O) groups excluding carboxylic acids is 1. The molecular weight excluding hydrogens is 382 g/mol. The van der Waals surface area contributed by atoms with E-state index in [1.165, 1.54) is 22.7 Å². The number of aryl methyl sites for hydroxylation is 2. The Morgan fingerprint density at radius 1 is 1.03 bits per heavy atom. The minimum absolute atomic E-state index is 0.00706. The van der Waals surface area contributed by atoms with E-state index in [-0.39, 0.29) is 5.91 Å². The van der Waals surface area contributed by atoms with Gasteiger partial charge in [-0.2, -0.15) is 0 Å². The van der Waals surface area contributed by atoms with Crippen molar-refractivity contribution < 1.29 is 4.79 Å². The first-order valence-electron chi connectivity index (χ1n) is 9.63. The zero-order chi connectivity index (χ0) is 20.1. The van der Waals surface area contributed by atoms with Gasteiger partial charge in [-0.1, -0.05) is 48.2 Å². The van der Waals surface area contributed by atoms with Gasteiger partial charge in [-0.25, -0.2) is 0 Å². The van der Waals surface area contributed by atoms with Crippen molar-refractivity contribution in [3.63, 3.8) is 0 Å². The molecule has 2 heterocycles. The van der Waals surface area contributed by atoms with E-state index >= 15 is 0 Å². The van der Waals surface area contributed by atoms with Crippen LogP contribution < -0.4 is 5.32 Å². The highest BCUT2D eigenvalue weighted by molar-refractivity contribution is 7.99. The summed E-state index contributed by atoms with van der Waals surface area (Å²) < 4.78 is 4.19. The summed E-state index contributed by atoms with van der Waals surface area (Å²) in [6, 6.07) is 20.4. The summed E-state index contributed by atoms with van der Waals surface area (Å²) in [5.74, 6) is 1.13. The predicted molar refractivity (Wildman–Crippen MR) is 116 cm³/mol. The third kappa shape index (κ3) is 4.51. The Labute approximate surface area is 173 Å². The summed E-state index contributed by atoms with van der Waals surface area (Å²) >= 11 is 1.40. The number of hydrogen-bond acceptors (Lipinski definition) is 4. The molecule has 0 aliphatic carbocycles. The van der Waals surface area contributed by atoms with Crippen LogP contribution in [0.4, 0.5) is 0 Å². The van der Waals surface area contributed by atoms with Gasteiger partial charge in [-0.05, 0) is 43.0 Å². The Kier molecular flexibility index (Phi) is 5.95. The highest BCUT2D eigenvalue weighted by Gasteiger charge is 2.13. The number of fused-ring (bicyclic) bond motifs is 1. The molecule has 148 valence electrons. The molecule has 0 saturated heterocycles. The van der Waals surface area contributed by atoms with Crippen molar-refractivity contribution >= 4 is 28.6 Å². The first-order valence-corrected chi connectivity index (χ1v) is 10.6. The van der Waals surface area contributed by atoms with Crippen LogP contribution in [0.1, 0.15) is 12.2 Å². The molecule has 4 rings (SSSR count). The molecule has 2 aromatic carbocycles. The third-order valence-electron chi connectivity index (χ3n) is 4.72. The predicted octanol–water partition coefficient (Wildman–Crippen LogP) is 3.83. The second kappa shape index (κ2) is 8.96. The van der Waals surface area contributed by atoms with Crippen LogP contribution in [0.3, 0.4) is 0 Å². The van der Waals surface area contributed by atoms with Crippen molar-refractivity contribution in [2.24, 2.45) is 0 Å². The summed E-state index contributed by atoms with van der Waals surface area (Å²) in [7, 11) is 0. The largest absolute Gasteiger partial charge is 0.355 e. The lowest BCUT2D eigenvalue weighted by Gasteiger charge is -2.09. The molecule has 0 saturated carbocycles. The van der Waals surface area contributed by atoms with Gasteiger partial charge < -0.3 is 9.88 Å². The van der Waals surface area contributed by atoms with Crippen molar-refractivity contribution in [2.45, 2.75) is 25.0 Å². The fraction of sp³-hybridized carbons (Fsp3) is 0.227. The highest BCUT2D eigenvalue weighted by Crippen LogP contribution is 2.21. The zero-order valence-corrected chi connectivity index (χ0v) is 17.1. The quantitative estimate of drug-likeness (QED) is 0.357. The Balaban J connectivity index is 1.26. The van der Waals surface area contributed by atoms with E-state index < -0.39 is 0 Å². The average molecular weight is 406 g/mol. The van der Waals surface area contributed by atoms with Crippen LogP contribution in [0.5, 0.6) is 0 Å². The smallest absolute Gasteiger partial charge is 0.230 e. The molecule has 0 fully saturated rings. The molecule has 0 radical (unpaired) electrons. The minimum Gasteiger partial charge on any atom is -0.355 e. The van der Waals surface area contributed by atoms with E-state index in [9.17, 15) is 4.79 Å². The molecule has 4 aromatic rings. The second-order valence-corrected chi connectivity index (χ2v) is 7.70. The molecular formula is C22H23N5OS. The van der Waals surface area contributed by atoms with Crippen molar-refractivity contribution in [1.82, 2.24) is 24.6 Å². The fourth-order valence-electron chi connectivity index (χ4n) is 3.30. The molecule has 0 aliphatic rings. The van der Waals surface area contributed by atoms with Crippen molar-refractivity contribution in [3.8, 4) is 5.69 Å². The number of amides is 1. The molecule has 2 aromatic heterocycles. The number of hydrogen-bond donors (Lipinski definition) is 1. The number of nitrogens with one attached hydrogen (secondary N) is 1. The summed E-state index contributed by atoms with van der Waals surface area (Å²) in [6.45, 7) is 3.44. The van der Waals surface area contributed by atoms with E-state index in [0.29, 0.717) is 12.3 Å². The number of thioether (sulfide) groups is 1. The average Bonchev–Trinajstić information content (AvgIpc) is 3.33. The van der Waals surface area contributed by atoms with Gasteiger partial charge in [-0.15, -0.1) is 10.2 Å². The van der Waals surface area contributed by atoms with Gasteiger partial charge in [0, 0.05) is 30.5 Å². The number of para-hydroxylation sites is 2. The number of rotatable bonds is 8. The van der Waals surface area contributed by atoms with Crippen LogP contribution in [-0.4, -0.2) is 37.5 Å². The maximum Gasteiger partial charge on any atom is 0.230 e. The Hall–Kier alpha value is -3.06. The van der Waals surface area contributed by atoms with Gasteiger partial charge in [0.05, 0.1) is 5.75 Å². The van der Waals surface area contributed by atoms with Crippen LogP contribution in [0.2, 0.25) is 0 Å². The van der Waals surface area contributed by atoms with Gasteiger partial charge in [0.25, 0.3) is 0 Å². The first-order chi connectivity index (χ1) is 14.2. The topological polar surface area (TPSA) is 64.7 Å². The van der Waals surface area contributed by atoms with Gasteiger partial charge in [0.15, 0.2) is 5.16 Å². The van der Waals surface area contributed by atoms with Gasteiger partial charge in [0.2, 0.25) is 5.91 Å². The molecule has 6 nitrogen and oxygen atoms in total. The molecule has 0 spiro atoms. The first kappa shape index (κ1) is 19.3. The van der Waals surface area contributed by atoms with Gasteiger partial charge in [0.1, 0.15) is 5.82 Å². The number of nitrogens with zero attached hydrogens (tertiary/aromatic N) is 4. The summed E-state index contributed by atoms with van der Waals surface area (Å²) in [5, 5.41) is 13.3. The zero-order valence-electron chi connectivity index (χ0n) is 16.3. The van der Waals surface area contributed by atoms with Crippen LogP contribution in [0.25, 0.3) is 16.6 Å². The summed E-state index contributed by atoms with van der Waals surface area (Å²) in [6.07, 6.45) is 2.98. The van der Waals surface area contributed by atoms with Crippen molar-refractivity contribution in [3.05, 3.63) is 72.7 Å². The molecule has 1 amide bonds. The normalized spacial score (nSPS) is 11.1. The van der Waals surface area contributed by atoms with Crippen LogP contribution in [0, 0.1) is 6.92 Å². The van der Waals surface area contributed by atoms with Crippen LogP contribution in [-0.2, 0) is 11.3 Å². The van der Waals surface area contributed by atoms with Gasteiger partial charge >= 0.3 is 0 Å². The molecule has 1 N–H and O–H groups in total. The lowest BCUT2D eigenvalue weighted by atomic mass is 10.2. The lowest BCUT2D eigenvalue weighted by molar-refractivity contribution is -0.118. The standard InChI is InChI=1S/C22H23N5OS/c1-17-24-25-22(27(17)19-9-3-2-4-10-19)29-16-21(28)23-13-7-14-26-15-12-18-8-5-6-11-20(18)26/h2-6,8-12,15H,7,13-14,16H2,1H3,(H,23,28). The van der Waals surface area contributed by atoms with E-state index in [1.54, 1.807) is 0 Å². The molecule has 0 atom stereocenters. The third-order valence-corrected chi connectivity index (χ3v) is 5.65. The molecule has 0 unspecified atom stereocenters. The van der Waals surface area contributed by atoms with E-state index in [2.05, 4.69) is 44.5 Å². The monoisotopic (exact) mass is 405 g/mol. The van der Waals surface area contributed by atoms with E-state index in [0.717, 1.165) is 29.6 Å². The number of aromatic nitrogens is 4. The summed E-state index contributed by atoms with van der Waals surface area (Å²) in [5.41, 5.74) is 2.22.